The van der Waals surface area contributed by atoms with Gasteiger partial charge < -0.3 is 4.43 Å². The third-order valence-electron chi connectivity index (χ3n) is 3.05. The summed E-state index contributed by atoms with van der Waals surface area (Å²) >= 11 is 0. The second-order valence-corrected chi connectivity index (χ2v) is 4.36. The van der Waals surface area contributed by atoms with E-state index in [1.807, 2.05) is 0 Å². The molecule has 80 valence electrons. The van der Waals surface area contributed by atoms with E-state index < -0.39 is 0 Å². The van der Waals surface area contributed by atoms with Crippen LogP contribution in [0.1, 0.15) is 65.7 Å². The highest BCUT2D eigenvalue weighted by molar-refractivity contribution is 5.98. The molecule has 0 unspecified atom stereocenters. The predicted octanol–water partition coefficient (Wildman–Crippen LogP) is 2.81. The van der Waals surface area contributed by atoms with Crippen LogP contribution < -0.4 is 0 Å². The molecule has 0 spiro atoms. The molecular formula is C11H26OSi. The maximum Gasteiger partial charge on any atom is 0.146 e. The Morgan fingerprint density at radius 3 is 1.69 bits per heavy atom. The van der Waals surface area contributed by atoms with Crippen LogP contribution in [0.25, 0.3) is 0 Å². The number of hydrogen-bond donors (Lipinski definition) is 0. The summed E-state index contributed by atoms with van der Waals surface area (Å²) < 4.78 is 5.83. The Morgan fingerprint density at radius 2 is 1.46 bits per heavy atom. The van der Waals surface area contributed by atoms with E-state index in [4.69, 9.17) is 4.43 Å². The van der Waals surface area contributed by atoms with E-state index >= 15 is 0 Å². The van der Waals surface area contributed by atoms with Crippen LogP contribution in [0.15, 0.2) is 0 Å². The first-order chi connectivity index (χ1) is 6.24. The van der Waals surface area contributed by atoms with E-state index in [0.717, 1.165) is 10.5 Å². The molecule has 1 nitrogen and oxygen atoms in total. The molecule has 0 rings (SSSR count). The zero-order valence-electron chi connectivity index (χ0n) is 9.86. The minimum absolute atomic E-state index is 0.248. The van der Waals surface area contributed by atoms with Crippen molar-refractivity contribution >= 4 is 10.5 Å². The first-order valence-electron chi connectivity index (χ1n) is 5.79. The van der Waals surface area contributed by atoms with E-state index in [0.29, 0.717) is 0 Å². The summed E-state index contributed by atoms with van der Waals surface area (Å²) in [4.78, 5) is 0. The molecule has 0 aliphatic rings. The first-order valence-corrected chi connectivity index (χ1v) is 6.61. The summed E-state index contributed by atoms with van der Waals surface area (Å²) in [5, 5.41) is 0. The lowest BCUT2D eigenvalue weighted by molar-refractivity contribution is 0.0512. The summed E-state index contributed by atoms with van der Waals surface area (Å²) in [5.41, 5.74) is 0.248. The topological polar surface area (TPSA) is 9.23 Å². The van der Waals surface area contributed by atoms with Gasteiger partial charge in [0, 0.05) is 0 Å². The standard InChI is InChI=1S/C11H26OSi/c1-4-7-9-11(6-3,12-13)10-8-5-2/h4-10H2,1-3,13H3. The van der Waals surface area contributed by atoms with Gasteiger partial charge in [0.05, 0.1) is 5.60 Å². The van der Waals surface area contributed by atoms with Crippen LogP contribution in [0, 0.1) is 0 Å². The van der Waals surface area contributed by atoms with Gasteiger partial charge in [0.25, 0.3) is 0 Å². The lowest BCUT2D eigenvalue weighted by atomic mass is 9.88. The molecule has 2 heteroatoms. The molecule has 13 heavy (non-hydrogen) atoms. The summed E-state index contributed by atoms with van der Waals surface area (Å²) in [5.74, 6) is 0. The van der Waals surface area contributed by atoms with Gasteiger partial charge in [0.1, 0.15) is 10.5 Å². The summed E-state index contributed by atoms with van der Waals surface area (Å²) in [7, 11) is 0.889. The maximum atomic E-state index is 5.83. The Kier molecular flexibility index (Phi) is 7.67. The van der Waals surface area contributed by atoms with Crippen LogP contribution in [-0.4, -0.2) is 16.1 Å². The normalized spacial score (nSPS) is 12.2. The maximum absolute atomic E-state index is 5.83. The minimum atomic E-state index is 0.248. The van der Waals surface area contributed by atoms with E-state index in [1.165, 1.54) is 44.9 Å². The molecule has 0 saturated heterocycles. The average molecular weight is 202 g/mol. The highest BCUT2D eigenvalue weighted by Crippen LogP contribution is 2.28. The SMILES string of the molecule is CCCCC(CC)(CCCC)O[SiH3]. The lowest BCUT2D eigenvalue weighted by Gasteiger charge is -2.32. The summed E-state index contributed by atoms with van der Waals surface area (Å²) in [6.45, 7) is 6.78. The van der Waals surface area contributed by atoms with Crippen molar-refractivity contribution in [2.45, 2.75) is 71.3 Å². The zero-order chi connectivity index (χ0) is 10.2. The molecule has 0 heterocycles. The van der Waals surface area contributed by atoms with Crippen molar-refractivity contribution in [2.75, 3.05) is 0 Å². The Morgan fingerprint density at radius 1 is 1.00 bits per heavy atom. The van der Waals surface area contributed by atoms with Crippen molar-refractivity contribution < 1.29 is 4.43 Å². The van der Waals surface area contributed by atoms with Crippen LogP contribution in [0.4, 0.5) is 0 Å². The smallest absolute Gasteiger partial charge is 0.146 e. The molecular weight excluding hydrogens is 176 g/mol. The third kappa shape index (κ3) is 4.82. The van der Waals surface area contributed by atoms with Gasteiger partial charge in [0.2, 0.25) is 0 Å². The van der Waals surface area contributed by atoms with E-state index in [9.17, 15) is 0 Å². The van der Waals surface area contributed by atoms with Crippen molar-refractivity contribution in [2.24, 2.45) is 0 Å². The quantitative estimate of drug-likeness (QED) is 0.550. The fourth-order valence-corrected chi connectivity index (χ4v) is 2.52. The van der Waals surface area contributed by atoms with Crippen LogP contribution in [0.3, 0.4) is 0 Å². The Bertz CT molecular complexity index is 101. The van der Waals surface area contributed by atoms with Gasteiger partial charge in [-0.2, -0.15) is 0 Å². The third-order valence-corrected chi connectivity index (χ3v) is 3.92. The molecule has 0 aromatic rings. The fourth-order valence-electron chi connectivity index (χ4n) is 1.82. The molecule has 0 aromatic heterocycles. The van der Waals surface area contributed by atoms with Gasteiger partial charge in [0.15, 0.2) is 0 Å². The predicted molar refractivity (Wildman–Crippen MR) is 63.1 cm³/mol. The van der Waals surface area contributed by atoms with Crippen molar-refractivity contribution in [3.05, 3.63) is 0 Å². The molecule has 0 fully saturated rings. The number of hydrogen-bond acceptors (Lipinski definition) is 1. The first kappa shape index (κ1) is 13.2. The fraction of sp³-hybridized carbons (Fsp3) is 1.00. The Balaban J connectivity index is 3.97. The van der Waals surface area contributed by atoms with Gasteiger partial charge >= 0.3 is 0 Å². The molecule has 0 saturated carbocycles. The van der Waals surface area contributed by atoms with Gasteiger partial charge in [-0.1, -0.05) is 46.5 Å². The van der Waals surface area contributed by atoms with Crippen LogP contribution >= 0.6 is 0 Å². The molecule has 0 amide bonds. The van der Waals surface area contributed by atoms with Gasteiger partial charge in [-0.25, -0.2) is 0 Å². The monoisotopic (exact) mass is 202 g/mol. The largest absolute Gasteiger partial charge is 0.422 e. The second-order valence-electron chi connectivity index (χ2n) is 3.95. The van der Waals surface area contributed by atoms with Crippen LogP contribution in [0.2, 0.25) is 0 Å². The zero-order valence-corrected chi connectivity index (χ0v) is 11.9. The molecule has 0 atom stereocenters. The second kappa shape index (κ2) is 7.57. The molecule has 0 radical (unpaired) electrons. The summed E-state index contributed by atoms with van der Waals surface area (Å²) in [6, 6.07) is 0. The van der Waals surface area contributed by atoms with Crippen molar-refractivity contribution in [1.82, 2.24) is 0 Å². The number of unbranched alkanes of at least 4 members (excludes halogenated alkanes) is 2. The van der Waals surface area contributed by atoms with Gasteiger partial charge in [-0.3, -0.25) is 0 Å². The molecule has 0 aromatic carbocycles. The molecule has 0 aliphatic heterocycles. The molecule has 0 N–H and O–H groups in total. The highest BCUT2D eigenvalue weighted by Gasteiger charge is 2.24. The van der Waals surface area contributed by atoms with E-state index in [1.54, 1.807) is 0 Å². The Hall–Kier alpha value is 0.177. The van der Waals surface area contributed by atoms with Crippen LogP contribution in [-0.2, 0) is 4.43 Å². The van der Waals surface area contributed by atoms with Gasteiger partial charge in [-0.15, -0.1) is 0 Å². The van der Waals surface area contributed by atoms with E-state index in [-0.39, 0.29) is 5.60 Å². The lowest BCUT2D eigenvalue weighted by Crippen LogP contribution is -2.31. The van der Waals surface area contributed by atoms with Gasteiger partial charge in [-0.05, 0) is 19.3 Å². The molecule has 0 aliphatic carbocycles. The van der Waals surface area contributed by atoms with Crippen molar-refractivity contribution in [3.8, 4) is 0 Å². The van der Waals surface area contributed by atoms with E-state index in [2.05, 4.69) is 20.8 Å². The highest BCUT2D eigenvalue weighted by atomic mass is 28.2. The minimum Gasteiger partial charge on any atom is -0.422 e. The number of rotatable bonds is 8. The molecule has 0 bridgehead atoms. The summed E-state index contributed by atoms with van der Waals surface area (Å²) in [6.07, 6.45) is 8.95. The van der Waals surface area contributed by atoms with Crippen molar-refractivity contribution in [3.63, 3.8) is 0 Å². The Labute approximate surface area is 86.8 Å². The average Bonchev–Trinajstić information content (AvgIpc) is 2.20. The van der Waals surface area contributed by atoms with Crippen LogP contribution in [0.5, 0.6) is 0 Å². The van der Waals surface area contributed by atoms with Crippen molar-refractivity contribution in [1.29, 1.82) is 0 Å².